The zero-order valence-corrected chi connectivity index (χ0v) is 5.87. The van der Waals surface area contributed by atoms with Gasteiger partial charge in [0, 0.05) is 0 Å². The molecule has 0 unspecified atom stereocenters. The molecule has 0 saturated heterocycles. The van der Waals surface area contributed by atoms with Crippen LogP contribution in [0.5, 0.6) is 0 Å². The Morgan fingerprint density at radius 1 is 0.583 bits per heavy atom. The second-order valence-electron chi connectivity index (χ2n) is 0.896. The molecule has 12 heteroatoms. The van der Waals surface area contributed by atoms with E-state index in [9.17, 15) is 0 Å². The second-order valence-corrected chi connectivity index (χ2v) is 2.69. The van der Waals surface area contributed by atoms with E-state index >= 15 is 0 Å². The predicted molar refractivity (Wildman–Crippen MR) is 42.7 cm³/mol. The van der Waals surface area contributed by atoms with Gasteiger partial charge in [-0.25, -0.2) is 0 Å². The van der Waals surface area contributed by atoms with E-state index in [1.165, 1.54) is 0 Å². The molecular weight excluding hydrogens is 238 g/mol. The van der Waals surface area contributed by atoms with Crippen molar-refractivity contribution in [3.05, 3.63) is 0 Å². The van der Waals surface area contributed by atoms with E-state index in [0.717, 1.165) is 0 Å². The van der Waals surface area contributed by atoms with Crippen LogP contribution in [0.2, 0.25) is 0 Å². The van der Waals surface area contributed by atoms with Crippen molar-refractivity contribution in [2.75, 3.05) is 0 Å². The minimum atomic E-state index is -4.67. The van der Waals surface area contributed by atoms with E-state index in [2.05, 4.69) is 0 Å². The molecule has 4 N–H and O–H groups in total. The molecular formula is H6Na2O8S2. The SMILES string of the molecule is O=S(=O)(O)O.O=S(=O)(O)O.[NaH].[NaH]. The Labute approximate surface area is 113 Å². The van der Waals surface area contributed by atoms with Crippen molar-refractivity contribution >= 4 is 79.9 Å². The van der Waals surface area contributed by atoms with Gasteiger partial charge in [0.05, 0.1) is 0 Å². The average Bonchev–Trinajstić information content (AvgIpc) is 1.12. The fraction of sp³-hybridized carbons (Fsp3) is 0. The van der Waals surface area contributed by atoms with E-state index in [0.29, 0.717) is 0 Å². The van der Waals surface area contributed by atoms with Crippen LogP contribution >= 0.6 is 0 Å². The molecule has 0 rings (SSSR count). The Bertz CT molecular complexity index is 211. The Morgan fingerprint density at radius 3 is 0.583 bits per heavy atom. The van der Waals surface area contributed by atoms with E-state index in [1.54, 1.807) is 0 Å². The Hall–Kier alpha value is 1.74. The molecule has 0 heterocycles. The molecule has 0 aliphatic heterocycles. The van der Waals surface area contributed by atoms with E-state index in [-0.39, 0.29) is 59.1 Å². The summed E-state index contributed by atoms with van der Waals surface area (Å²) < 4.78 is 63.2. The molecule has 0 radical (unpaired) electrons. The van der Waals surface area contributed by atoms with Gasteiger partial charge >= 0.3 is 79.9 Å². The third-order valence-corrected chi connectivity index (χ3v) is 0. The van der Waals surface area contributed by atoms with Crippen molar-refractivity contribution in [2.45, 2.75) is 0 Å². The van der Waals surface area contributed by atoms with Gasteiger partial charge < -0.3 is 0 Å². The minimum absolute atomic E-state index is 0. The summed E-state index contributed by atoms with van der Waals surface area (Å²) in [7, 11) is -9.33. The maximum atomic E-state index is 8.74. The van der Waals surface area contributed by atoms with E-state index in [1.807, 2.05) is 0 Å². The van der Waals surface area contributed by atoms with Crippen LogP contribution in [0.25, 0.3) is 0 Å². The standard InChI is InChI=1S/2Na.2H2O4S.2H/c;;2*1-5(2,3)4;;/h;;2*(H2,1,2,3,4);;. The zero-order valence-electron chi connectivity index (χ0n) is 4.24. The van der Waals surface area contributed by atoms with Crippen molar-refractivity contribution in [1.82, 2.24) is 0 Å². The molecule has 0 spiro atoms. The summed E-state index contributed by atoms with van der Waals surface area (Å²) in [4.78, 5) is 0. The van der Waals surface area contributed by atoms with Crippen LogP contribution < -0.4 is 0 Å². The molecule has 0 aromatic heterocycles. The zero-order chi connectivity index (χ0) is 9.00. The second kappa shape index (κ2) is 9.30. The molecule has 0 amide bonds. The first-order valence-electron chi connectivity index (χ1n) is 1.40. The molecule has 0 aliphatic rings. The maximum absolute atomic E-state index is 8.74. The van der Waals surface area contributed by atoms with Crippen LogP contribution in [0.3, 0.4) is 0 Å². The molecule has 0 atom stereocenters. The predicted octanol–water partition coefficient (Wildman–Crippen LogP) is -2.60. The third-order valence-electron chi connectivity index (χ3n) is 0. The van der Waals surface area contributed by atoms with Gasteiger partial charge in [-0.2, -0.15) is 16.8 Å². The summed E-state index contributed by atoms with van der Waals surface area (Å²) in [6.45, 7) is 0. The normalized spacial score (nSPS) is 9.67. The van der Waals surface area contributed by atoms with Crippen LogP contribution in [0.1, 0.15) is 0 Å². The summed E-state index contributed by atoms with van der Waals surface area (Å²) in [5.41, 5.74) is 0. The van der Waals surface area contributed by atoms with E-state index in [4.69, 9.17) is 35.0 Å². The first kappa shape index (κ1) is 23.5. The Kier molecular flexibility index (Phi) is 18.2. The van der Waals surface area contributed by atoms with Crippen molar-refractivity contribution in [2.24, 2.45) is 0 Å². The van der Waals surface area contributed by atoms with Crippen LogP contribution in [0, 0.1) is 0 Å². The summed E-state index contributed by atoms with van der Waals surface area (Å²) in [5, 5.41) is 0. The van der Waals surface area contributed by atoms with Gasteiger partial charge in [-0.3, -0.25) is 18.2 Å². The molecule has 12 heavy (non-hydrogen) atoms. The van der Waals surface area contributed by atoms with Gasteiger partial charge in [0.25, 0.3) is 0 Å². The quantitative estimate of drug-likeness (QED) is 0.267. The topological polar surface area (TPSA) is 149 Å². The molecule has 8 nitrogen and oxygen atoms in total. The van der Waals surface area contributed by atoms with Crippen LogP contribution in [-0.4, -0.2) is 94.2 Å². The van der Waals surface area contributed by atoms with Crippen molar-refractivity contribution in [3.8, 4) is 0 Å². The molecule has 68 valence electrons. The fourth-order valence-electron chi connectivity index (χ4n) is 0. The molecule has 0 aromatic rings. The number of rotatable bonds is 0. The van der Waals surface area contributed by atoms with Gasteiger partial charge in [0.15, 0.2) is 0 Å². The molecule has 0 fully saturated rings. The van der Waals surface area contributed by atoms with Gasteiger partial charge in [0.2, 0.25) is 0 Å². The molecule has 0 aromatic carbocycles. The van der Waals surface area contributed by atoms with E-state index < -0.39 is 20.8 Å². The van der Waals surface area contributed by atoms with Gasteiger partial charge in [0.1, 0.15) is 0 Å². The van der Waals surface area contributed by atoms with Crippen LogP contribution in [0.4, 0.5) is 0 Å². The van der Waals surface area contributed by atoms with Gasteiger partial charge in [-0.05, 0) is 0 Å². The monoisotopic (exact) mass is 244 g/mol. The molecule has 0 saturated carbocycles. The van der Waals surface area contributed by atoms with Crippen molar-refractivity contribution in [3.63, 3.8) is 0 Å². The number of hydrogen-bond acceptors (Lipinski definition) is 4. The van der Waals surface area contributed by atoms with Crippen molar-refractivity contribution < 1.29 is 35.0 Å². The summed E-state index contributed by atoms with van der Waals surface area (Å²) in [5.74, 6) is 0. The third kappa shape index (κ3) is 447. The van der Waals surface area contributed by atoms with Crippen LogP contribution in [0.15, 0.2) is 0 Å². The number of hydrogen-bond donors (Lipinski definition) is 4. The van der Waals surface area contributed by atoms with Crippen LogP contribution in [-0.2, 0) is 20.8 Å². The summed E-state index contributed by atoms with van der Waals surface area (Å²) >= 11 is 0. The van der Waals surface area contributed by atoms with Gasteiger partial charge in [-0.1, -0.05) is 0 Å². The molecule has 0 aliphatic carbocycles. The summed E-state index contributed by atoms with van der Waals surface area (Å²) in [6.07, 6.45) is 0. The van der Waals surface area contributed by atoms with Crippen molar-refractivity contribution in [1.29, 1.82) is 0 Å². The first-order chi connectivity index (χ1) is 4.00. The fourth-order valence-corrected chi connectivity index (χ4v) is 0. The first-order valence-corrected chi connectivity index (χ1v) is 4.19. The summed E-state index contributed by atoms with van der Waals surface area (Å²) in [6, 6.07) is 0. The average molecular weight is 244 g/mol. The Balaban J connectivity index is -0.0000000457. The Morgan fingerprint density at radius 2 is 0.583 bits per heavy atom. The van der Waals surface area contributed by atoms with Gasteiger partial charge in [-0.15, -0.1) is 0 Å². The molecule has 0 bridgehead atoms.